The molecule has 1 fully saturated rings. The van der Waals surface area contributed by atoms with E-state index in [1.807, 2.05) is 6.07 Å². The summed E-state index contributed by atoms with van der Waals surface area (Å²) in [5, 5.41) is 0. The number of aryl methyl sites for hydroxylation is 1. The zero-order chi connectivity index (χ0) is 13.8. The van der Waals surface area contributed by atoms with Crippen LogP contribution < -0.4 is 10.6 Å². The summed E-state index contributed by atoms with van der Waals surface area (Å²) in [6, 6.07) is 2.58. The fourth-order valence-electron chi connectivity index (χ4n) is 2.61. The normalized spacial score (nSPS) is 17.2. The summed E-state index contributed by atoms with van der Waals surface area (Å²) in [5.41, 5.74) is 5.89. The van der Waals surface area contributed by atoms with Crippen LogP contribution in [0.1, 0.15) is 32.0 Å². The second-order valence-electron chi connectivity index (χ2n) is 5.50. The van der Waals surface area contributed by atoms with E-state index in [1.165, 1.54) is 12.8 Å². The van der Waals surface area contributed by atoms with E-state index in [2.05, 4.69) is 40.8 Å². The first-order valence-electron chi connectivity index (χ1n) is 7.15. The molecule has 0 saturated carbocycles. The van der Waals surface area contributed by atoms with Gasteiger partial charge in [-0.3, -0.25) is 0 Å². The van der Waals surface area contributed by atoms with Crippen molar-refractivity contribution in [2.24, 2.45) is 0 Å². The van der Waals surface area contributed by atoms with E-state index in [4.69, 9.17) is 5.73 Å². The standard InChI is InChI=1S/C14H25N5/c1-4-5-13-16-12(15)10-14(17-13)19-8-6-11(7-9-19)18(2)3/h10-11H,4-9H2,1-3H3,(H2,15,16,17). The van der Waals surface area contributed by atoms with Gasteiger partial charge in [-0.25, -0.2) is 9.97 Å². The number of hydrogen-bond donors (Lipinski definition) is 1. The lowest BCUT2D eigenvalue weighted by molar-refractivity contribution is 0.249. The van der Waals surface area contributed by atoms with Gasteiger partial charge in [0.25, 0.3) is 0 Å². The quantitative estimate of drug-likeness (QED) is 0.893. The summed E-state index contributed by atoms with van der Waals surface area (Å²) in [7, 11) is 4.31. The number of aromatic nitrogens is 2. The summed E-state index contributed by atoms with van der Waals surface area (Å²) >= 11 is 0. The highest BCUT2D eigenvalue weighted by Gasteiger charge is 2.21. The molecule has 0 spiro atoms. The molecule has 5 heteroatoms. The van der Waals surface area contributed by atoms with Crippen LogP contribution in [0.4, 0.5) is 11.6 Å². The topological polar surface area (TPSA) is 58.3 Å². The SMILES string of the molecule is CCCc1nc(N)cc(N2CCC(N(C)C)CC2)n1. The van der Waals surface area contributed by atoms with Gasteiger partial charge < -0.3 is 15.5 Å². The van der Waals surface area contributed by atoms with E-state index in [0.29, 0.717) is 11.9 Å². The summed E-state index contributed by atoms with van der Waals surface area (Å²) < 4.78 is 0. The lowest BCUT2D eigenvalue weighted by Gasteiger charge is -2.35. The van der Waals surface area contributed by atoms with Crippen molar-refractivity contribution in [3.05, 3.63) is 11.9 Å². The van der Waals surface area contributed by atoms with Crippen LogP contribution in [0.25, 0.3) is 0 Å². The first-order chi connectivity index (χ1) is 9.10. The number of piperidine rings is 1. The molecule has 2 N–H and O–H groups in total. The van der Waals surface area contributed by atoms with Gasteiger partial charge in [0.15, 0.2) is 0 Å². The van der Waals surface area contributed by atoms with Crippen molar-refractivity contribution in [3.8, 4) is 0 Å². The Hall–Kier alpha value is -1.36. The van der Waals surface area contributed by atoms with E-state index in [-0.39, 0.29) is 0 Å². The zero-order valence-corrected chi connectivity index (χ0v) is 12.3. The molecule has 1 aromatic heterocycles. The van der Waals surface area contributed by atoms with Gasteiger partial charge in [-0.2, -0.15) is 0 Å². The third-order valence-corrected chi connectivity index (χ3v) is 3.77. The van der Waals surface area contributed by atoms with Crippen molar-refractivity contribution in [1.82, 2.24) is 14.9 Å². The number of rotatable bonds is 4. The summed E-state index contributed by atoms with van der Waals surface area (Å²) in [6.07, 6.45) is 4.30. The summed E-state index contributed by atoms with van der Waals surface area (Å²) in [4.78, 5) is 13.6. The smallest absolute Gasteiger partial charge is 0.134 e. The van der Waals surface area contributed by atoms with E-state index in [0.717, 1.165) is 37.6 Å². The molecule has 2 heterocycles. The van der Waals surface area contributed by atoms with Crippen molar-refractivity contribution in [1.29, 1.82) is 0 Å². The molecule has 0 bridgehead atoms. The molecule has 1 aliphatic rings. The lowest BCUT2D eigenvalue weighted by Crippen LogP contribution is -2.42. The van der Waals surface area contributed by atoms with E-state index >= 15 is 0 Å². The molecule has 5 nitrogen and oxygen atoms in total. The first kappa shape index (κ1) is 14.1. The van der Waals surface area contributed by atoms with Gasteiger partial charge in [0, 0.05) is 31.6 Å². The van der Waals surface area contributed by atoms with Crippen LogP contribution in [0, 0.1) is 0 Å². The minimum absolute atomic E-state index is 0.586. The van der Waals surface area contributed by atoms with E-state index < -0.39 is 0 Å². The predicted octanol–water partition coefficient (Wildman–Crippen LogP) is 1.54. The minimum atomic E-state index is 0.586. The molecular formula is C14H25N5. The Morgan fingerprint density at radius 2 is 2.00 bits per heavy atom. The first-order valence-corrected chi connectivity index (χ1v) is 7.15. The van der Waals surface area contributed by atoms with Crippen molar-refractivity contribution in [3.63, 3.8) is 0 Å². The number of nitrogens with zero attached hydrogens (tertiary/aromatic N) is 4. The summed E-state index contributed by atoms with van der Waals surface area (Å²) in [5.74, 6) is 2.45. The molecule has 0 radical (unpaired) electrons. The lowest BCUT2D eigenvalue weighted by atomic mass is 10.0. The molecular weight excluding hydrogens is 238 g/mol. The Bertz CT molecular complexity index is 410. The number of nitrogen functional groups attached to an aromatic ring is 1. The molecule has 0 aromatic carbocycles. The summed E-state index contributed by atoms with van der Waals surface area (Å²) in [6.45, 7) is 4.23. The van der Waals surface area contributed by atoms with Crippen molar-refractivity contribution in [2.75, 3.05) is 37.8 Å². The van der Waals surface area contributed by atoms with Gasteiger partial charge >= 0.3 is 0 Å². The van der Waals surface area contributed by atoms with Gasteiger partial charge in [-0.05, 0) is 33.4 Å². The molecule has 1 aromatic rings. The van der Waals surface area contributed by atoms with Gasteiger partial charge in [-0.15, -0.1) is 0 Å². The molecule has 0 amide bonds. The Balaban J connectivity index is 2.06. The van der Waals surface area contributed by atoms with Crippen LogP contribution in [0.15, 0.2) is 6.07 Å². The molecule has 0 atom stereocenters. The van der Waals surface area contributed by atoms with Gasteiger partial charge in [0.2, 0.25) is 0 Å². The molecule has 1 aliphatic heterocycles. The minimum Gasteiger partial charge on any atom is -0.384 e. The fraction of sp³-hybridized carbons (Fsp3) is 0.714. The zero-order valence-electron chi connectivity index (χ0n) is 12.3. The van der Waals surface area contributed by atoms with Gasteiger partial charge in [0.1, 0.15) is 17.5 Å². The van der Waals surface area contributed by atoms with Gasteiger partial charge in [0.05, 0.1) is 0 Å². The van der Waals surface area contributed by atoms with Crippen molar-refractivity contribution in [2.45, 2.75) is 38.6 Å². The van der Waals surface area contributed by atoms with E-state index in [1.54, 1.807) is 0 Å². The Morgan fingerprint density at radius 1 is 1.32 bits per heavy atom. The highest BCUT2D eigenvalue weighted by Crippen LogP contribution is 2.21. The number of nitrogens with two attached hydrogens (primary N) is 1. The monoisotopic (exact) mass is 263 g/mol. The van der Waals surface area contributed by atoms with Crippen molar-refractivity contribution < 1.29 is 0 Å². The van der Waals surface area contributed by atoms with Crippen molar-refractivity contribution >= 4 is 11.6 Å². The molecule has 0 aliphatic carbocycles. The van der Waals surface area contributed by atoms with Gasteiger partial charge in [-0.1, -0.05) is 6.92 Å². The van der Waals surface area contributed by atoms with Crippen LogP contribution in [-0.2, 0) is 6.42 Å². The number of anilines is 2. The highest BCUT2D eigenvalue weighted by atomic mass is 15.2. The molecule has 2 rings (SSSR count). The van der Waals surface area contributed by atoms with Crippen LogP contribution in [0.2, 0.25) is 0 Å². The molecule has 0 unspecified atom stereocenters. The Labute approximate surface area is 115 Å². The second-order valence-corrected chi connectivity index (χ2v) is 5.50. The Morgan fingerprint density at radius 3 is 2.58 bits per heavy atom. The third-order valence-electron chi connectivity index (χ3n) is 3.77. The molecule has 106 valence electrons. The fourth-order valence-corrected chi connectivity index (χ4v) is 2.61. The van der Waals surface area contributed by atoms with Crippen LogP contribution in [-0.4, -0.2) is 48.1 Å². The third kappa shape index (κ3) is 3.56. The average Bonchev–Trinajstić information content (AvgIpc) is 2.38. The number of hydrogen-bond acceptors (Lipinski definition) is 5. The predicted molar refractivity (Wildman–Crippen MR) is 79.4 cm³/mol. The molecule has 1 saturated heterocycles. The maximum absolute atomic E-state index is 5.89. The average molecular weight is 263 g/mol. The largest absolute Gasteiger partial charge is 0.384 e. The van der Waals surface area contributed by atoms with Crippen LogP contribution in [0.3, 0.4) is 0 Å². The van der Waals surface area contributed by atoms with E-state index in [9.17, 15) is 0 Å². The van der Waals surface area contributed by atoms with Crippen LogP contribution >= 0.6 is 0 Å². The Kier molecular flexibility index (Phi) is 4.58. The maximum Gasteiger partial charge on any atom is 0.134 e. The van der Waals surface area contributed by atoms with Crippen LogP contribution in [0.5, 0.6) is 0 Å². The molecule has 19 heavy (non-hydrogen) atoms. The maximum atomic E-state index is 5.89. The second kappa shape index (κ2) is 6.19. The highest BCUT2D eigenvalue weighted by molar-refractivity contribution is 5.47.